The summed E-state index contributed by atoms with van der Waals surface area (Å²) in [6.07, 6.45) is 2.64. The van der Waals surface area contributed by atoms with Crippen molar-refractivity contribution in [1.82, 2.24) is 0 Å². The van der Waals surface area contributed by atoms with Crippen LogP contribution in [0.25, 0.3) is 0 Å². The Morgan fingerprint density at radius 2 is 2.00 bits per heavy atom. The van der Waals surface area contributed by atoms with Crippen LogP contribution in [-0.2, 0) is 0 Å². The summed E-state index contributed by atoms with van der Waals surface area (Å²) >= 11 is 0. The summed E-state index contributed by atoms with van der Waals surface area (Å²) < 4.78 is 31.1. The molecule has 0 spiro atoms. The summed E-state index contributed by atoms with van der Waals surface area (Å²) in [6.45, 7) is 0. The van der Waals surface area contributed by atoms with Gasteiger partial charge in [0.2, 0.25) is 0 Å². The molecule has 2 atom stereocenters. The fourth-order valence-electron chi connectivity index (χ4n) is 1.97. The number of halogens is 2. The predicted molar refractivity (Wildman–Crippen MR) is 55.2 cm³/mol. The van der Waals surface area contributed by atoms with Gasteiger partial charge in [0.05, 0.1) is 6.10 Å². The van der Waals surface area contributed by atoms with Crippen molar-refractivity contribution in [3.05, 3.63) is 29.8 Å². The highest BCUT2D eigenvalue weighted by molar-refractivity contribution is 5.23. The van der Waals surface area contributed by atoms with Crippen LogP contribution >= 0.6 is 0 Å². The van der Waals surface area contributed by atoms with Gasteiger partial charge < -0.3 is 9.84 Å². The molecule has 1 aliphatic carbocycles. The van der Waals surface area contributed by atoms with E-state index in [1.54, 1.807) is 0 Å². The first kappa shape index (κ1) is 11.3. The minimum atomic E-state index is -0.908. The molecule has 1 aromatic rings. The first-order chi connectivity index (χ1) is 7.65. The standard InChI is InChI=1S/C12H14F2O2/c13-11-5-4-10(7-12(11)14)16-9-3-1-2-8(15)6-9/h4-5,7-9,15H,1-3,6H2. The molecule has 4 heteroatoms. The van der Waals surface area contributed by atoms with Gasteiger partial charge in [-0.15, -0.1) is 0 Å². The zero-order valence-electron chi connectivity index (χ0n) is 8.83. The van der Waals surface area contributed by atoms with Gasteiger partial charge in [0.25, 0.3) is 0 Å². The maximum absolute atomic E-state index is 12.9. The molecule has 1 N–H and O–H groups in total. The molecule has 16 heavy (non-hydrogen) atoms. The molecule has 0 bridgehead atoms. The van der Waals surface area contributed by atoms with E-state index in [1.165, 1.54) is 6.07 Å². The van der Waals surface area contributed by atoms with Crippen molar-refractivity contribution < 1.29 is 18.6 Å². The number of hydrogen-bond donors (Lipinski definition) is 1. The molecule has 0 saturated heterocycles. The molecule has 0 amide bonds. The molecule has 2 unspecified atom stereocenters. The Morgan fingerprint density at radius 3 is 2.69 bits per heavy atom. The van der Waals surface area contributed by atoms with Crippen molar-refractivity contribution in [1.29, 1.82) is 0 Å². The van der Waals surface area contributed by atoms with E-state index in [-0.39, 0.29) is 12.2 Å². The van der Waals surface area contributed by atoms with Gasteiger partial charge in [-0.3, -0.25) is 0 Å². The third kappa shape index (κ3) is 2.70. The van der Waals surface area contributed by atoms with Gasteiger partial charge in [-0.1, -0.05) is 0 Å². The first-order valence-corrected chi connectivity index (χ1v) is 5.45. The van der Waals surface area contributed by atoms with Crippen molar-refractivity contribution >= 4 is 0 Å². The monoisotopic (exact) mass is 228 g/mol. The average Bonchev–Trinajstić information content (AvgIpc) is 2.24. The molecule has 0 aromatic heterocycles. The Morgan fingerprint density at radius 1 is 1.19 bits per heavy atom. The van der Waals surface area contributed by atoms with Gasteiger partial charge >= 0.3 is 0 Å². The minimum absolute atomic E-state index is 0.103. The zero-order valence-corrected chi connectivity index (χ0v) is 8.83. The van der Waals surface area contributed by atoms with Crippen LogP contribution in [0.15, 0.2) is 18.2 Å². The second kappa shape index (κ2) is 4.78. The predicted octanol–water partition coefficient (Wildman–Crippen LogP) is 2.65. The normalized spacial score (nSPS) is 25.4. The Balaban J connectivity index is 2.00. The highest BCUT2D eigenvalue weighted by Gasteiger charge is 2.21. The smallest absolute Gasteiger partial charge is 0.162 e. The number of ether oxygens (including phenoxy) is 1. The van der Waals surface area contributed by atoms with Gasteiger partial charge in [0.1, 0.15) is 11.9 Å². The van der Waals surface area contributed by atoms with Crippen LogP contribution in [-0.4, -0.2) is 17.3 Å². The van der Waals surface area contributed by atoms with Crippen molar-refractivity contribution in [3.63, 3.8) is 0 Å². The summed E-state index contributed by atoms with van der Waals surface area (Å²) in [5.74, 6) is -1.47. The first-order valence-electron chi connectivity index (χ1n) is 5.45. The number of aliphatic hydroxyl groups excluding tert-OH is 1. The number of benzene rings is 1. The van der Waals surface area contributed by atoms with E-state index in [4.69, 9.17) is 4.74 Å². The van der Waals surface area contributed by atoms with Crippen LogP contribution in [0.3, 0.4) is 0 Å². The topological polar surface area (TPSA) is 29.5 Å². The molecule has 1 saturated carbocycles. The third-order valence-corrected chi connectivity index (χ3v) is 2.79. The minimum Gasteiger partial charge on any atom is -0.490 e. The van der Waals surface area contributed by atoms with E-state index in [2.05, 4.69) is 0 Å². The lowest BCUT2D eigenvalue weighted by Gasteiger charge is -2.26. The van der Waals surface area contributed by atoms with E-state index in [0.29, 0.717) is 12.2 Å². The van der Waals surface area contributed by atoms with E-state index in [1.807, 2.05) is 0 Å². The average molecular weight is 228 g/mol. The maximum Gasteiger partial charge on any atom is 0.162 e. The number of hydrogen-bond acceptors (Lipinski definition) is 2. The van der Waals surface area contributed by atoms with Crippen LogP contribution < -0.4 is 4.74 Å². The van der Waals surface area contributed by atoms with Gasteiger partial charge in [0, 0.05) is 12.5 Å². The molecule has 1 aromatic carbocycles. The summed E-state index contributed by atoms with van der Waals surface area (Å²) in [7, 11) is 0. The largest absolute Gasteiger partial charge is 0.490 e. The molecule has 1 aliphatic rings. The second-order valence-electron chi connectivity index (χ2n) is 4.14. The molecule has 0 heterocycles. The van der Waals surface area contributed by atoms with Crippen LogP contribution in [0.5, 0.6) is 5.75 Å². The molecule has 0 aliphatic heterocycles. The SMILES string of the molecule is OC1CCCC(Oc2ccc(F)c(F)c2)C1. The van der Waals surface area contributed by atoms with Gasteiger partial charge in [-0.2, -0.15) is 0 Å². The van der Waals surface area contributed by atoms with E-state index in [9.17, 15) is 13.9 Å². The van der Waals surface area contributed by atoms with Crippen LogP contribution in [0.1, 0.15) is 25.7 Å². The molecule has 0 radical (unpaired) electrons. The molecule has 88 valence electrons. The Labute approximate surface area is 92.9 Å². The van der Waals surface area contributed by atoms with E-state index < -0.39 is 11.6 Å². The quantitative estimate of drug-likeness (QED) is 0.843. The van der Waals surface area contributed by atoms with Crippen molar-refractivity contribution in [3.8, 4) is 5.75 Å². The van der Waals surface area contributed by atoms with Crippen molar-refractivity contribution in [2.45, 2.75) is 37.9 Å². The fraction of sp³-hybridized carbons (Fsp3) is 0.500. The Bertz CT molecular complexity index is 368. The Kier molecular flexibility index (Phi) is 3.39. The van der Waals surface area contributed by atoms with Crippen molar-refractivity contribution in [2.24, 2.45) is 0 Å². The number of rotatable bonds is 2. The van der Waals surface area contributed by atoms with Crippen molar-refractivity contribution in [2.75, 3.05) is 0 Å². The highest BCUT2D eigenvalue weighted by atomic mass is 19.2. The Hall–Kier alpha value is -1.16. The lowest BCUT2D eigenvalue weighted by molar-refractivity contribution is 0.0534. The van der Waals surface area contributed by atoms with Crippen LogP contribution in [0.4, 0.5) is 8.78 Å². The van der Waals surface area contributed by atoms with Crippen LogP contribution in [0, 0.1) is 11.6 Å². The van der Waals surface area contributed by atoms with E-state index in [0.717, 1.165) is 31.4 Å². The summed E-state index contributed by atoms with van der Waals surface area (Å²) in [4.78, 5) is 0. The number of aliphatic hydroxyl groups is 1. The zero-order chi connectivity index (χ0) is 11.5. The summed E-state index contributed by atoms with van der Waals surface area (Å²) in [5.41, 5.74) is 0. The molecule has 1 fully saturated rings. The van der Waals surface area contributed by atoms with Gasteiger partial charge in [-0.25, -0.2) is 8.78 Å². The molecule has 2 rings (SSSR count). The molecule has 2 nitrogen and oxygen atoms in total. The van der Waals surface area contributed by atoms with Gasteiger partial charge in [0.15, 0.2) is 11.6 Å². The van der Waals surface area contributed by atoms with E-state index >= 15 is 0 Å². The lowest BCUT2D eigenvalue weighted by atomic mass is 9.95. The molecular weight excluding hydrogens is 214 g/mol. The fourth-order valence-corrected chi connectivity index (χ4v) is 1.97. The molecular formula is C12H14F2O2. The van der Waals surface area contributed by atoms with Crippen LogP contribution in [0.2, 0.25) is 0 Å². The highest BCUT2D eigenvalue weighted by Crippen LogP contribution is 2.24. The summed E-state index contributed by atoms with van der Waals surface area (Å²) in [6, 6.07) is 3.49. The van der Waals surface area contributed by atoms with Gasteiger partial charge in [-0.05, 0) is 31.4 Å². The summed E-state index contributed by atoms with van der Waals surface area (Å²) in [5, 5.41) is 9.44. The second-order valence-corrected chi connectivity index (χ2v) is 4.14. The maximum atomic E-state index is 12.9. The lowest BCUT2D eigenvalue weighted by Crippen LogP contribution is -2.28. The third-order valence-electron chi connectivity index (χ3n) is 2.79.